The lowest BCUT2D eigenvalue weighted by molar-refractivity contribution is -0.139. The van der Waals surface area contributed by atoms with Gasteiger partial charge in [0.2, 0.25) is 11.8 Å². The zero-order valence-electron chi connectivity index (χ0n) is 19.8. The van der Waals surface area contributed by atoms with E-state index in [1.165, 1.54) is 25.7 Å². The van der Waals surface area contributed by atoms with Crippen molar-refractivity contribution in [2.75, 3.05) is 12.4 Å². The zero-order chi connectivity index (χ0) is 22.7. The molecular weight excluding hydrogens is 400 g/mol. The van der Waals surface area contributed by atoms with Crippen molar-refractivity contribution in [3.8, 4) is 0 Å². The quantitative estimate of drug-likeness (QED) is 0.763. The number of nitrogens with one attached hydrogen (secondary N) is 1. The predicted molar refractivity (Wildman–Crippen MR) is 124 cm³/mol. The third-order valence-corrected chi connectivity index (χ3v) is 9.82. The normalized spacial score (nSPS) is 40.4. The highest BCUT2D eigenvalue weighted by Gasteiger charge is 2.60. The molecule has 4 aliphatic rings. The van der Waals surface area contributed by atoms with Crippen LogP contribution in [0.25, 0.3) is 0 Å². The van der Waals surface area contributed by atoms with Crippen molar-refractivity contribution in [1.82, 2.24) is 14.9 Å². The van der Waals surface area contributed by atoms with Crippen LogP contribution >= 0.6 is 0 Å². The van der Waals surface area contributed by atoms with Crippen LogP contribution in [0.2, 0.25) is 0 Å². The number of hydrogen-bond acceptors (Lipinski definition) is 4. The minimum absolute atomic E-state index is 0.0772. The molecule has 5 rings (SSSR count). The van der Waals surface area contributed by atoms with Gasteiger partial charge >= 0.3 is 0 Å². The van der Waals surface area contributed by atoms with Crippen LogP contribution in [-0.2, 0) is 9.59 Å². The highest BCUT2D eigenvalue weighted by atomic mass is 16.2. The molecule has 172 valence electrons. The van der Waals surface area contributed by atoms with Gasteiger partial charge in [-0.1, -0.05) is 19.9 Å². The number of hydrogen-bond donors (Lipinski definition) is 1. The first-order valence-electron chi connectivity index (χ1n) is 12.3. The zero-order valence-corrected chi connectivity index (χ0v) is 19.8. The van der Waals surface area contributed by atoms with Crippen LogP contribution in [0.3, 0.4) is 0 Å². The molecule has 1 N–H and O–H groups in total. The third-order valence-electron chi connectivity index (χ3n) is 9.82. The Morgan fingerprint density at radius 1 is 1.12 bits per heavy atom. The van der Waals surface area contributed by atoms with Gasteiger partial charge in [-0.05, 0) is 80.6 Å². The van der Waals surface area contributed by atoms with Gasteiger partial charge in [-0.3, -0.25) is 9.59 Å². The van der Waals surface area contributed by atoms with Crippen molar-refractivity contribution in [3.63, 3.8) is 0 Å². The van der Waals surface area contributed by atoms with Crippen LogP contribution < -0.4 is 5.32 Å². The Balaban J connectivity index is 1.31. The molecule has 7 atom stereocenters. The van der Waals surface area contributed by atoms with E-state index in [9.17, 15) is 9.59 Å². The molecule has 1 aromatic heterocycles. The van der Waals surface area contributed by atoms with Gasteiger partial charge in [0.05, 0.1) is 18.1 Å². The molecule has 6 heteroatoms. The van der Waals surface area contributed by atoms with Crippen LogP contribution in [0.15, 0.2) is 24.5 Å². The molecule has 1 aromatic rings. The van der Waals surface area contributed by atoms with Crippen LogP contribution in [0.4, 0.5) is 5.69 Å². The summed E-state index contributed by atoms with van der Waals surface area (Å²) in [6.45, 7) is 6.68. The van der Waals surface area contributed by atoms with Gasteiger partial charge in [0.25, 0.3) is 0 Å². The minimum Gasteiger partial charge on any atom is -0.338 e. The number of aryl methyl sites for hydroxylation is 1. The molecule has 2 amide bonds. The fourth-order valence-electron chi connectivity index (χ4n) is 8.08. The van der Waals surface area contributed by atoms with Gasteiger partial charge in [-0.2, -0.15) is 0 Å². The van der Waals surface area contributed by atoms with Crippen LogP contribution in [0, 0.1) is 41.4 Å². The van der Waals surface area contributed by atoms with Crippen molar-refractivity contribution >= 4 is 17.5 Å². The largest absolute Gasteiger partial charge is 0.338 e. The fourth-order valence-corrected chi connectivity index (χ4v) is 8.08. The monoisotopic (exact) mass is 436 g/mol. The third kappa shape index (κ3) is 3.29. The number of anilines is 1. The molecule has 3 saturated carbocycles. The van der Waals surface area contributed by atoms with Crippen molar-refractivity contribution in [1.29, 1.82) is 0 Å². The fraction of sp³-hybridized carbons (Fsp3) is 0.692. The molecular formula is C26H36N4O2. The molecule has 32 heavy (non-hydrogen) atoms. The van der Waals surface area contributed by atoms with Gasteiger partial charge in [-0.15, -0.1) is 0 Å². The summed E-state index contributed by atoms with van der Waals surface area (Å²) in [4.78, 5) is 35.5. The lowest BCUT2D eigenvalue weighted by Gasteiger charge is -2.60. The van der Waals surface area contributed by atoms with Crippen molar-refractivity contribution in [2.24, 2.45) is 34.5 Å². The summed E-state index contributed by atoms with van der Waals surface area (Å²) >= 11 is 0. The first-order valence-corrected chi connectivity index (χ1v) is 12.3. The molecule has 0 aromatic carbocycles. The van der Waals surface area contributed by atoms with Crippen molar-refractivity contribution in [2.45, 2.75) is 71.8 Å². The molecule has 3 fully saturated rings. The molecule has 0 radical (unpaired) electrons. The number of likely N-dealkylation sites (N-methyl/N-ethyl adjacent to an activating group) is 1. The minimum atomic E-state index is 0.0772. The number of aromatic nitrogens is 2. The van der Waals surface area contributed by atoms with E-state index in [1.54, 1.807) is 12.4 Å². The summed E-state index contributed by atoms with van der Waals surface area (Å²) in [7, 11) is 1.98. The Labute approximate surface area is 191 Å². The second-order valence-corrected chi connectivity index (χ2v) is 11.2. The molecule has 0 bridgehead atoms. The molecule has 0 saturated heterocycles. The number of carbonyl (C=O) groups excluding carboxylic acids is 2. The van der Waals surface area contributed by atoms with Crippen molar-refractivity contribution in [3.05, 3.63) is 30.4 Å². The van der Waals surface area contributed by atoms with Crippen LogP contribution in [0.1, 0.15) is 64.6 Å². The molecule has 3 aliphatic carbocycles. The van der Waals surface area contributed by atoms with Crippen LogP contribution in [-0.4, -0.2) is 39.8 Å². The van der Waals surface area contributed by atoms with Crippen LogP contribution in [0.5, 0.6) is 0 Å². The van der Waals surface area contributed by atoms with Gasteiger partial charge in [0.15, 0.2) is 0 Å². The Hall–Kier alpha value is -2.24. The maximum Gasteiger partial charge on any atom is 0.246 e. The lowest BCUT2D eigenvalue weighted by atomic mass is 9.47. The summed E-state index contributed by atoms with van der Waals surface area (Å²) < 4.78 is 0. The Kier molecular flexibility index (Phi) is 5.18. The molecule has 2 heterocycles. The van der Waals surface area contributed by atoms with E-state index >= 15 is 0 Å². The summed E-state index contributed by atoms with van der Waals surface area (Å²) in [5, 5.41) is 3.01. The predicted octanol–water partition coefficient (Wildman–Crippen LogP) is 4.37. The maximum atomic E-state index is 12.8. The summed E-state index contributed by atoms with van der Waals surface area (Å²) in [5.41, 5.74) is 0.984. The number of amides is 2. The smallest absolute Gasteiger partial charge is 0.246 e. The van der Waals surface area contributed by atoms with Gasteiger partial charge in [0, 0.05) is 24.9 Å². The van der Waals surface area contributed by atoms with E-state index in [4.69, 9.17) is 0 Å². The van der Waals surface area contributed by atoms with E-state index in [0.29, 0.717) is 47.6 Å². The highest BCUT2D eigenvalue weighted by molar-refractivity contribution is 5.90. The molecule has 6 nitrogen and oxygen atoms in total. The highest BCUT2D eigenvalue weighted by Crippen LogP contribution is 2.65. The topological polar surface area (TPSA) is 75.2 Å². The number of rotatable bonds is 3. The first-order chi connectivity index (χ1) is 15.2. The number of fused-ring (bicyclic) bond motifs is 5. The Morgan fingerprint density at radius 2 is 1.88 bits per heavy atom. The lowest BCUT2D eigenvalue weighted by Crippen LogP contribution is -2.59. The molecule has 0 spiro atoms. The van der Waals surface area contributed by atoms with E-state index in [-0.39, 0.29) is 22.6 Å². The number of carbonyl (C=O) groups is 2. The van der Waals surface area contributed by atoms with E-state index in [1.807, 2.05) is 24.9 Å². The average Bonchev–Trinajstić information content (AvgIpc) is 3.09. The maximum absolute atomic E-state index is 12.8. The molecule has 1 aliphatic heterocycles. The number of nitrogens with zero attached hydrogens (tertiary/aromatic N) is 3. The second-order valence-electron chi connectivity index (χ2n) is 11.2. The SMILES string of the molecule is Cc1ncc(NC(=O)C[C@H]2CC[C@H]3[C@@H]4CC[C@H]5N(C)C(=O)C=C[C@]5(C)[C@H]4CC[C@]23C)cn1. The molecule has 0 unspecified atom stereocenters. The van der Waals surface area contributed by atoms with Gasteiger partial charge in [-0.25, -0.2) is 9.97 Å². The van der Waals surface area contributed by atoms with Gasteiger partial charge < -0.3 is 10.2 Å². The summed E-state index contributed by atoms with van der Waals surface area (Å²) in [5.74, 6) is 3.36. The Bertz CT molecular complexity index is 944. The Morgan fingerprint density at radius 3 is 2.62 bits per heavy atom. The van der Waals surface area contributed by atoms with Gasteiger partial charge in [0.1, 0.15) is 5.82 Å². The van der Waals surface area contributed by atoms with Crippen molar-refractivity contribution < 1.29 is 9.59 Å². The van der Waals surface area contributed by atoms with E-state index in [2.05, 4.69) is 35.2 Å². The average molecular weight is 437 g/mol. The van der Waals surface area contributed by atoms with E-state index in [0.717, 1.165) is 12.8 Å². The van der Waals surface area contributed by atoms with E-state index < -0.39 is 0 Å². The summed E-state index contributed by atoms with van der Waals surface area (Å²) in [6.07, 6.45) is 15.0. The summed E-state index contributed by atoms with van der Waals surface area (Å²) in [6, 6.07) is 0.324. The second kappa shape index (κ2) is 7.67. The standard InChI is InChI=1S/C26H36N4O2/c1-16-27-14-18(15-28-16)29-23(31)13-17-5-7-20-19-6-8-22-26(3,12-10-24(32)30(22)4)21(19)9-11-25(17,20)2/h10,12,14-15,17,19-22H,5-9,11,13H2,1-4H3,(H,29,31)/t17-,19+,20+,21+,22-,25-,26-/m1/s1. The first kappa shape index (κ1) is 21.6.